The van der Waals surface area contributed by atoms with Crippen LogP contribution >= 0.6 is 15.9 Å². The minimum absolute atomic E-state index is 0.132. The number of nitrogens with two attached hydrogens (primary N) is 1. The number of hydrogen-bond acceptors (Lipinski definition) is 2. The van der Waals surface area contributed by atoms with E-state index < -0.39 is 5.97 Å². The van der Waals surface area contributed by atoms with Crippen molar-refractivity contribution in [1.82, 2.24) is 0 Å². The summed E-state index contributed by atoms with van der Waals surface area (Å²) >= 11 is 3.23. The fraction of sp³-hybridized carbons (Fsp3) is 0.125. The van der Waals surface area contributed by atoms with Crippen molar-refractivity contribution in [2.24, 2.45) is 0 Å². The van der Waals surface area contributed by atoms with Crippen LogP contribution in [0, 0.1) is 6.92 Å². The minimum atomic E-state index is -1.01. The lowest BCUT2D eigenvalue weighted by Gasteiger charge is -2.03. The van der Waals surface area contributed by atoms with E-state index in [4.69, 9.17) is 10.8 Å². The molecule has 12 heavy (non-hydrogen) atoms. The van der Waals surface area contributed by atoms with Crippen LogP contribution in [-0.4, -0.2) is 11.1 Å². The highest BCUT2D eigenvalue weighted by atomic mass is 79.9. The van der Waals surface area contributed by atoms with Crippen molar-refractivity contribution in [2.45, 2.75) is 6.92 Å². The Balaban J connectivity index is 3.33. The zero-order valence-electron chi connectivity index (χ0n) is 6.47. The molecule has 0 aliphatic carbocycles. The van der Waals surface area contributed by atoms with Crippen molar-refractivity contribution in [1.29, 1.82) is 0 Å². The van der Waals surface area contributed by atoms with Gasteiger partial charge in [0.15, 0.2) is 0 Å². The van der Waals surface area contributed by atoms with Crippen molar-refractivity contribution >= 4 is 27.6 Å². The predicted octanol–water partition coefficient (Wildman–Crippen LogP) is 2.04. The quantitative estimate of drug-likeness (QED) is 0.725. The monoisotopic (exact) mass is 229 g/mol. The fourth-order valence-corrected chi connectivity index (χ4v) is 1.23. The Kier molecular flexibility index (Phi) is 2.38. The van der Waals surface area contributed by atoms with Gasteiger partial charge >= 0.3 is 5.97 Å². The Bertz CT molecular complexity index is 336. The summed E-state index contributed by atoms with van der Waals surface area (Å²) in [5.41, 5.74) is 6.84. The highest BCUT2D eigenvalue weighted by molar-refractivity contribution is 9.10. The van der Waals surface area contributed by atoms with E-state index in [1.807, 2.05) is 6.92 Å². The molecule has 0 saturated carbocycles. The molecule has 1 aromatic rings. The minimum Gasteiger partial charge on any atom is -0.478 e. The lowest BCUT2D eigenvalue weighted by Crippen LogP contribution is -2.02. The van der Waals surface area contributed by atoms with Gasteiger partial charge in [-0.2, -0.15) is 0 Å². The van der Waals surface area contributed by atoms with Gasteiger partial charge in [0.05, 0.1) is 5.56 Å². The molecule has 0 atom stereocenters. The van der Waals surface area contributed by atoms with Crippen LogP contribution in [0.1, 0.15) is 15.9 Å². The van der Waals surface area contributed by atoms with Crippen LogP contribution in [0.2, 0.25) is 0 Å². The smallest absolute Gasteiger partial charge is 0.337 e. The van der Waals surface area contributed by atoms with Gasteiger partial charge in [-0.3, -0.25) is 0 Å². The molecule has 0 heterocycles. The topological polar surface area (TPSA) is 63.3 Å². The first-order valence-electron chi connectivity index (χ1n) is 3.31. The number of carboxylic acid groups (broad SMARTS) is 1. The summed E-state index contributed by atoms with van der Waals surface area (Å²) in [6, 6.07) is 3.14. The maximum Gasteiger partial charge on any atom is 0.337 e. The number of aromatic carboxylic acids is 1. The second kappa shape index (κ2) is 3.15. The number of rotatable bonds is 1. The summed E-state index contributed by atoms with van der Waals surface area (Å²) in [4.78, 5) is 10.6. The molecule has 0 amide bonds. The van der Waals surface area contributed by atoms with Crippen molar-refractivity contribution < 1.29 is 9.90 Å². The summed E-state index contributed by atoms with van der Waals surface area (Å²) in [5.74, 6) is -1.01. The van der Waals surface area contributed by atoms with Crippen LogP contribution in [0.5, 0.6) is 0 Å². The van der Waals surface area contributed by atoms with Crippen LogP contribution in [-0.2, 0) is 0 Å². The molecular weight excluding hydrogens is 222 g/mol. The number of anilines is 1. The van der Waals surface area contributed by atoms with Crippen LogP contribution < -0.4 is 5.73 Å². The molecule has 0 aliphatic rings. The van der Waals surface area contributed by atoms with Gasteiger partial charge in [-0.25, -0.2) is 4.79 Å². The number of halogens is 1. The van der Waals surface area contributed by atoms with Gasteiger partial charge in [-0.15, -0.1) is 0 Å². The van der Waals surface area contributed by atoms with Gasteiger partial charge in [-0.05, 0) is 24.6 Å². The highest BCUT2D eigenvalue weighted by Gasteiger charge is 2.09. The van der Waals surface area contributed by atoms with E-state index in [1.165, 1.54) is 6.07 Å². The van der Waals surface area contributed by atoms with E-state index in [0.29, 0.717) is 5.69 Å². The van der Waals surface area contributed by atoms with E-state index in [0.717, 1.165) is 10.0 Å². The number of carboxylic acids is 1. The molecule has 0 bridgehead atoms. The summed E-state index contributed by atoms with van der Waals surface area (Å²) in [7, 11) is 0. The SMILES string of the molecule is Cc1cc(N)c(C(=O)O)cc1Br. The third-order valence-electron chi connectivity index (χ3n) is 1.56. The summed E-state index contributed by atoms with van der Waals surface area (Å²) in [6.07, 6.45) is 0. The van der Waals surface area contributed by atoms with Gasteiger partial charge in [0.25, 0.3) is 0 Å². The molecule has 0 radical (unpaired) electrons. The Morgan fingerprint density at radius 3 is 2.67 bits per heavy atom. The van der Waals surface area contributed by atoms with E-state index in [1.54, 1.807) is 6.07 Å². The summed E-state index contributed by atoms with van der Waals surface area (Å²) in [5, 5.41) is 8.68. The average molecular weight is 230 g/mol. The predicted molar refractivity (Wildman–Crippen MR) is 50.3 cm³/mol. The largest absolute Gasteiger partial charge is 0.478 e. The molecule has 4 heteroatoms. The Morgan fingerprint density at radius 2 is 2.17 bits per heavy atom. The van der Waals surface area contributed by atoms with Gasteiger partial charge in [-0.1, -0.05) is 15.9 Å². The van der Waals surface area contributed by atoms with Gasteiger partial charge < -0.3 is 10.8 Å². The summed E-state index contributed by atoms with van der Waals surface area (Å²) < 4.78 is 0.758. The average Bonchev–Trinajstić information content (AvgIpc) is 1.96. The normalized spacial score (nSPS) is 9.83. The maximum absolute atomic E-state index is 10.6. The van der Waals surface area contributed by atoms with Crippen LogP contribution in [0.4, 0.5) is 5.69 Å². The van der Waals surface area contributed by atoms with Crippen LogP contribution in [0.3, 0.4) is 0 Å². The van der Waals surface area contributed by atoms with E-state index in [2.05, 4.69) is 15.9 Å². The first-order valence-corrected chi connectivity index (χ1v) is 4.10. The number of hydrogen-bond donors (Lipinski definition) is 2. The molecule has 0 fully saturated rings. The molecule has 1 rings (SSSR count). The van der Waals surface area contributed by atoms with E-state index in [9.17, 15) is 4.79 Å². The summed E-state index contributed by atoms with van der Waals surface area (Å²) in [6.45, 7) is 1.85. The zero-order valence-corrected chi connectivity index (χ0v) is 8.05. The number of aryl methyl sites for hydroxylation is 1. The van der Waals surface area contributed by atoms with Crippen molar-refractivity contribution in [2.75, 3.05) is 5.73 Å². The molecule has 3 N–H and O–H groups in total. The van der Waals surface area contributed by atoms with Gasteiger partial charge in [0, 0.05) is 10.2 Å². The standard InChI is InChI=1S/C8H8BrNO2/c1-4-2-7(10)5(8(11)12)3-6(4)9/h2-3H,10H2,1H3,(H,11,12). The molecule has 0 aromatic heterocycles. The second-order valence-electron chi connectivity index (χ2n) is 2.49. The van der Waals surface area contributed by atoms with E-state index in [-0.39, 0.29) is 5.56 Å². The third-order valence-corrected chi connectivity index (χ3v) is 2.42. The molecule has 0 spiro atoms. The lowest BCUT2D eigenvalue weighted by atomic mass is 10.1. The maximum atomic E-state index is 10.6. The molecule has 0 unspecified atom stereocenters. The van der Waals surface area contributed by atoms with Gasteiger partial charge in [0.1, 0.15) is 0 Å². The third kappa shape index (κ3) is 1.58. The van der Waals surface area contributed by atoms with Crippen molar-refractivity contribution in [3.05, 3.63) is 27.7 Å². The first kappa shape index (κ1) is 9.06. The molecule has 1 aromatic carbocycles. The molecule has 0 saturated heterocycles. The number of benzene rings is 1. The fourth-order valence-electron chi connectivity index (χ4n) is 0.889. The highest BCUT2D eigenvalue weighted by Crippen LogP contribution is 2.22. The van der Waals surface area contributed by atoms with Crippen molar-refractivity contribution in [3.8, 4) is 0 Å². The lowest BCUT2D eigenvalue weighted by molar-refractivity contribution is 0.0698. The first-order chi connectivity index (χ1) is 5.52. The van der Waals surface area contributed by atoms with Crippen molar-refractivity contribution in [3.63, 3.8) is 0 Å². The molecule has 0 aliphatic heterocycles. The van der Waals surface area contributed by atoms with E-state index >= 15 is 0 Å². The van der Waals surface area contributed by atoms with Crippen LogP contribution in [0.25, 0.3) is 0 Å². The zero-order chi connectivity index (χ0) is 9.30. The Hall–Kier alpha value is -1.03. The molecule has 3 nitrogen and oxygen atoms in total. The molecular formula is C8H8BrNO2. The Labute approximate surface area is 78.3 Å². The molecule has 64 valence electrons. The number of carbonyl (C=O) groups is 1. The van der Waals surface area contributed by atoms with Gasteiger partial charge in [0.2, 0.25) is 0 Å². The Morgan fingerprint density at radius 1 is 1.58 bits per heavy atom. The van der Waals surface area contributed by atoms with Crippen LogP contribution in [0.15, 0.2) is 16.6 Å². The second-order valence-corrected chi connectivity index (χ2v) is 3.35. The number of nitrogen functional groups attached to an aromatic ring is 1.